The molecule has 1 aromatic carbocycles. The lowest BCUT2D eigenvalue weighted by molar-refractivity contribution is -0.123. The fourth-order valence-corrected chi connectivity index (χ4v) is 4.33. The van der Waals surface area contributed by atoms with Gasteiger partial charge in [0, 0.05) is 18.2 Å². The SMILES string of the molecule is Cc1oc(-c2cccs2)nc1C(=O)Nc1cccc(CN2CCC(C(N)=O)CC2)c1. The third-order valence-corrected chi connectivity index (χ3v) is 6.18. The van der Waals surface area contributed by atoms with Crippen molar-refractivity contribution < 1.29 is 14.0 Å². The van der Waals surface area contributed by atoms with Gasteiger partial charge in [0.1, 0.15) is 5.76 Å². The van der Waals surface area contributed by atoms with Gasteiger partial charge in [-0.25, -0.2) is 4.98 Å². The molecular weight excluding hydrogens is 400 g/mol. The van der Waals surface area contributed by atoms with Crippen molar-refractivity contribution in [3.63, 3.8) is 0 Å². The molecule has 0 bridgehead atoms. The number of aryl methyl sites for hydroxylation is 1. The number of primary amides is 1. The summed E-state index contributed by atoms with van der Waals surface area (Å²) in [6, 6.07) is 11.6. The number of hydrogen-bond acceptors (Lipinski definition) is 6. The third-order valence-electron chi connectivity index (χ3n) is 5.32. The van der Waals surface area contributed by atoms with E-state index in [0.29, 0.717) is 17.3 Å². The normalized spacial score (nSPS) is 15.2. The van der Waals surface area contributed by atoms with Crippen molar-refractivity contribution in [3.8, 4) is 10.8 Å². The lowest BCUT2D eigenvalue weighted by Crippen LogP contribution is -2.38. The molecule has 1 fully saturated rings. The maximum Gasteiger partial charge on any atom is 0.277 e. The van der Waals surface area contributed by atoms with E-state index in [1.54, 1.807) is 6.92 Å². The van der Waals surface area contributed by atoms with Gasteiger partial charge in [0.25, 0.3) is 5.91 Å². The van der Waals surface area contributed by atoms with Crippen molar-refractivity contribution in [2.45, 2.75) is 26.3 Å². The molecule has 0 aliphatic carbocycles. The Hall–Kier alpha value is -2.97. The summed E-state index contributed by atoms with van der Waals surface area (Å²) < 4.78 is 5.67. The van der Waals surface area contributed by atoms with E-state index < -0.39 is 0 Å². The average Bonchev–Trinajstić information content (AvgIpc) is 3.38. The highest BCUT2D eigenvalue weighted by molar-refractivity contribution is 7.13. The Balaban J connectivity index is 1.40. The molecular formula is C22H24N4O3S. The number of carbonyl (C=O) groups is 2. The summed E-state index contributed by atoms with van der Waals surface area (Å²) in [5.41, 5.74) is 7.51. The molecule has 0 radical (unpaired) electrons. The summed E-state index contributed by atoms with van der Waals surface area (Å²) >= 11 is 1.52. The molecule has 1 aliphatic rings. The van der Waals surface area contributed by atoms with Crippen LogP contribution in [0.1, 0.15) is 34.7 Å². The number of nitrogens with two attached hydrogens (primary N) is 1. The molecule has 7 nitrogen and oxygen atoms in total. The summed E-state index contributed by atoms with van der Waals surface area (Å²) in [5, 5.41) is 4.86. The van der Waals surface area contributed by atoms with Crippen molar-refractivity contribution in [1.29, 1.82) is 0 Å². The van der Waals surface area contributed by atoms with Crippen molar-refractivity contribution in [1.82, 2.24) is 9.88 Å². The number of carbonyl (C=O) groups excluding carboxylic acids is 2. The first-order valence-electron chi connectivity index (χ1n) is 9.93. The molecule has 0 unspecified atom stereocenters. The number of oxazole rings is 1. The van der Waals surface area contributed by atoms with Crippen LogP contribution in [0.4, 0.5) is 5.69 Å². The molecule has 1 aliphatic heterocycles. The predicted molar refractivity (Wildman–Crippen MR) is 116 cm³/mol. The zero-order chi connectivity index (χ0) is 21.1. The zero-order valence-electron chi connectivity index (χ0n) is 16.8. The van der Waals surface area contributed by atoms with Crippen LogP contribution in [0.3, 0.4) is 0 Å². The standard InChI is InChI=1S/C22H24N4O3S/c1-14-19(25-22(29-14)18-6-3-11-30-18)21(28)24-17-5-2-4-15(12-17)13-26-9-7-16(8-10-26)20(23)27/h2-6,11-12,16H,7-10,13H2,1H3,(H2,23,27)(H,24,28). The molecule has 3 aromatic rings. The molecule has 0 spiro atoms. The van der Waals surface area contributed by atoms with Crippen molar-refractivity contribution >= 4 is 28.8 Å². The Morgan fingerprint density at radius 1 is 1.27 bits per heavy atom. The predicted octanol–water partition coefficient (Wildman–Crippen LogP) is 3.66. The second kappa shape index (κ2) is 8.81. The number of aromatic nitrogens is 1. The van der Waals surface area contributed by atoms with Gasteiger partial charge in [0.2, 0.25) is 11.8 Å². The lowest BCUT2D eigenvalue weighted by atomic mass is 9.96. The van der Waals surface area contributed by atoms with Crippen LogP contribution in [0.25, 0.3) is 10.8 Å². The maximum atomic E-state index is 12.7. The number of thiophene rings is 1. The Labute approximate surface area is 178 Å². The van der Waals surface area contributed by atoms with Gasteiger partial charge in [-0.15, -0.1) is 11.3 Å². The van der Waals surface area contributed by atoms with Crippen LogP contribution in [0.15, 0.2) is 46.2 Å². The first-order valence-corrected chi connectivity index (χ1v) is 10.8. The van der Waals surface area contributed by atoms with Gasteiger partial charge < -0.3 is 15.5 Å². The number of rotatable bonds is 6. The third kappa shape index (κ3) is 4.60. The molecule has 0 atom stereocenters. The van der Waals surface area contributed by atoms with Gasteiger partial charge in [-0.1, -0.05) is 18.2 Å². The van der Waals surface area contributed by atoms with Gasteiger partial charge >= 0.3 is 0 Å². The molecule has 8 heteroatoms. The molecule has 156 valence electrons. The number of hydrogen-bond donors (Lipinski definition) is 2. The van der Waals surface area contributed by atoms with Crippen LogP contribution in [0.5, 0.6) is 0 Å². The molecule has 30 heavy (non-hydrogen) atoms. The number of benzene rings is 1. The van der Waals surface area contributed by atoms with E-state index in [2.05, 4.69) is 15.2 Å². The number of anilines is 1. The monoisotopic (exact) mass is 424 g/mol. The molecule has 4 rings (SSSR count). The highest BCUT2D eigenvalue weighted by Gasteiger charge is 2.23. The molecule has 3 heterocycles. The van der Waals surface area contributed by atoms with Crippen LogP contribution in [-0.2, 0) is 11.3 Å². The van der Waals surface area contributed by atoms with Crippen LogP contribution in [0, 0.1) is 12.8 Å². The van der Waals surface area contributed by atoms with Crippen LogP contribution < -0.4 is 11.1 Å². The van der Waals surface area contributed by atoms with Crippen LogP contribution in [0.2, 0.25) is 0 Å². The Kier molecular flexibility index (Phi) is 5.96. The van der Waals surface area contributed by atoms with Crippen molar-refractivity contribution in [3.05, 3.63) is 58.8 Å². The number of nitrogens with zero attached hydrogens (tertiary/aromatic N) is 2. The largest absolute Gasteiger partial charge is 0.440 e. The number of amides is 2. The van der Waals surface area contributed by atoms with E-state index in [9.17, 15) is 9.59 Å². The highest BCUT2D eigenvalue weighted by atomic mass is 32.1. The summed E-state index contributed by atoms with van der Waals surface area (Å²) in [4.78, 5) is 31.6. The fourth-order valence-electron chi connectivity index (χ4n) is 3.68. The summed E-state index contributed by atoms with van der Waals surface area (Å²) in [6.07, 6.45) is 1.59. The Morgan fingerprint density at radius 2 is 2.07 bits per heavy atom. The zero-order valence-corrected chi connectivity index (χ0v) is 17.6. The average molecular weight is 425 g/mol. The molecule has 1 saturated heterocycles. The van der Waals surface area contributed by atoms with E-state index in [1.165, 1.54) is 11.3 Å². The number of nitrogens with one attached hydrogen (secondary N) is 1. The quantitative estimate of drug-likeness (QED) is 0.629. The first-order chi connectivity index (χ1) is 14.5. The van der Waals surface area contributed by atoms with Gasteiger partial charge in [0.05, 0.1) is 4.88 Å². The summed E-state index contributed by atoms with van der Waals surface area (Å²) in [6.45, 7) is 4.19. The fraction of sp³-hybridized carbons (Fsp3) is 0.318. The van der Waals surface area contributed by atoms with Gasteiger partial charge in [-0.3, -0.25) is 14.5 Å². The second-order valence-electron chi connectivity index (χ2n) is 7.51. The van der Waals surface area contributed by atoms with Crippen molar-refractivity contribution in [2.24, 2.45) is 11.7 Å². The molecule has 3 N–H and O–H groups in total. The Bertz CT molecular complexity index is 1040. The van der Waals surface area contributed by atoms with Crippen molar-refractivity contribution in [2.75, 3.05) is 18.4 Å². The first kappa shape index (κ1) is 20.3. The smallest absolute Gasteiger partial charge is 0.277 e. The minimum atomic E-state index is -0.293. The van der Waals surface area contributed by atoms with Gasteiger partial charge in [-0.2, -0.15) is 0 Å². The summed E-state index contributed by atoms with van der Waals surface area (Å²) in [5.74, 6) is 0.435. The minimum Gasteiger partial charge on any atom is -0.440 e. The van der Waals surface area contributed by atoms with Gasteiger partial charge in [-0.05, 0) is 62.0 Å². The minimum absolute atomic E-state index is 0.0170. The van der Waals surface area contributed by atoms with Crippen LogP contribution in [-0.4, -0.2) is 34.8 Å². The van der Waals surface area contributed by atoms with E-state index in [-0.39, 0.29) is 23.4 Å². The molecule has 0 saturated carbocycles. The van der Waals surface area contributed by atoms with E-state index in [0.717, 1.165) is 42.9 Å². The second-order valence-corrected chi connectivity index (χ2v) is 8.46. The van der Waals surface area contributed by atoms with Gasteiger partial charge in [0.15, 0.2) is 5.69 Å². The van der Waals surface area contributed by atoms with Crippen LogP contribution >= 0.6 is 11.3 Å². The maximum absolute atomic E-state index is 12.7. The molecule has 2 aromatic heterocycles. The van der Waals surface area contributed by atoms with E-state index in [4.69, 9.17) is 10.2 Å². The van der Waals surface area contributed by atoms with E-state index in [1.807, 2.05) is 41.8 Å². The molecule has 2 amide bonds. The van der Waals surface area contributed by atoms with E-state index >= 15 is 0 Å². The highest BCUT2D eigenvalue weighted by Crippen LogP contribution is 2.26. The summed E-state index contributed by atoms with van der Waals surface area (Å²) in [7, 11) is 0. The topological polar surface area (TPSA) is 101 Å². The Morgan fingerprint density at radius 3 is 2.77 bits per heavy atom. The lowest BCUT2D eigenvalue weighted by Gasteiger charge is -2.30. The number of likely N-dealkylation sites (tertiary alicyclic amines) is 1. The number of piperidine rings is 1.